The van der Waals surface area contributed by atoms with Crippen LogP contribution in [-0.4, -0.2) is 45.9 Å². The SMILES string of the molecule is COc1cc(OC)cc(N2CCC(CN=C(N)NC3CCCCCC3)C2)c1. The standard InChI is InChI=1S/C21H34N4O2/c1-26-19-11-18(12-20(13-19)27-2)25-10-9-16(15-25)14-23-21(22)24-17-7-5-3-4-6-8-17/h11-13,16-17H,3-10,14-15H2,1-2H3,(H3,22,23,24). The lowest BCUT2D eigenvalue weighted by Crippen LogP contribution is -2.40. The van der Waals surface area contributed by atoms with Gasteiger partial charge in [0, 0.05) is 49.6 Å². The highest BCUT2D eigenvalue weighted by molar-refractivity contribution is 5.78. The van der Waals surface area contributed by atoms with Gasteiger partial charge in [0.15, 0.2) is 5.96 Å². The summed E-state index contributed by atoms with van der Waals surface area (Å²) in [7, 11) is 3.37. The molecule has 27 heavy (non-hydrogen) atoms. The number of benzene rings is 1. The first-order valence-corrected chi connectivity index (χ1v) is 10.2. The monoisotopic (exact) mass is 374 g/mol. The molecule has 0 spiro atoms. The Labute approximate surface area is 163 Å². The zero-order chi connectivity index (χ0) is 19.1. The van der Waals surface area contributed by atoms with Crippen LogP contribution in [0, 0.1) is 5.92 Å². The average Bonchev–Trinajstić information content (AvgIpc) is 3.03. The van der Waals surface area contributed by atoms with Crippen LogP contribution in [0.25, 0.3) is 0 Å². The van der Waals surface area contributed by atoms with Crippen LogP contribution < -0.4 is 25.4 Å². The van der Waals surface area contributed by atoms with Crippen molar-refractivity contribution in [1.29, 1.82) is 0 Å². The van der Waals surface area contributed by atoms with E-state index in [2.05, 4.69) is 27.3 Å². The summed E-state index contributed by atoms with van der Waals surface area (Å²) in [6, 6.07) is 6.54. The lowest BCUT2D eigenvalue weighted by Gasteiger charge is -2.20. The first-order chi connectivity index (χ1) is 13.2. The van der Waals surface area contributed by atoms with Crippen LogP contribution in [0.15, 0.2) is 23.2 Å². The summed E-state index contributed by atoms with van der Waals surface area (Å²) in [6.07, 6.45) is 8.85. The Morgan fingerprint density at radius 2 is 1.74 bits per heavy atom. The van der Waals surface area contributed by atoms with Crippen LogP contribution >= 0.6 is 0 Å². The largest absolute Gasteiger partial charge is 0.497 e. The smallest absolute Gasteiger partial charge is 0.188 e. The molecule has 1 aliphatic heterocycles. The van der Waals surface area contributed by atoms with Crippen molar-refractivity contribution in [2.24, 2.45) is 16.6 Å². The van der Waals surface area contributed by atoms with E-state index in [0.29, 0.717) is 17.9 Å². The minimum atomic E-state index is 0.501. The molecule has 0 aromatic heterocycles. The number of hydrogen-bond acceptors (Lipinski definition) is 4. The highest BCUT2D eigenvalue weighted by atomic mass is 16.5. The molecule has 2 aliphatic rings. The van der Waals surface area contributed by atoms with E-state index in [4.69, 9.17) is 15.2 Å². The second-order valence-electron chi connectivity index (χ2n) is 7.73. The van der Waals surface area contributed by atoms with Crippen molar-refractivity contribution in [2.75, 3.05) is 38.8 Å². The van der Waals surface area contributed by atoms with Crippen LogP contribution in [-0.2, 0) is 0 Å². The zero-order valence-corrected chi connectivity index (χ0v) is 16.7. The molecule has 150 valence electrons. The topological polar surface area (TPSA) is 72.1 Å². The molecule has 1 heterocycles. The van der Waals surface area contributed by atoms with Gasteiger partial charge in [0.05, 0.1) is 14.2 Å². The van der Waals surface area contributed by atoms with E-state index < -0.39 is 0 Å². The summed E-state index contributed by atoms with van der Waals surface area (Å²) in [4.78, 5) is 7.01. The Hall–Kier alpha value is -2.11. The molecule has 1 saturated carbocycles. The number of hydrogen-bond donors (Lipinski definition) is 2. The zero-order valence-electron chi connectivity index (χ0n) is 16.7. The van der Waals surface area contributed by atoms with E-state index in [1.807, 2.05) is 6.07 Å². The van der Waals surface area contributed by atoms with Crippen molar-refractivity contribution >= 4 is 11.6 Å². The van der Waals surface area contributed by atoms with Gasteiger partial charge >= 0.3 is 0 Å². The Balaban J connectivity index is 1.52. The molecule has 3 rings (SSSR count). The average molecular weight is 375 g/mol. The van der Waals surface area contributed by atoms with Crippen molar-refractivity contribution < 1.29 is 9.47 Å². The van der Waals surface area contributed by atoms with E-state index in [0.717, 1.165) is 43.2 Å². The molecule has 6 nitrogen and oxygen atoms in total. The second kappa shape index (κ2) is 9.72. The van der Waals surface area contributed by atoms with Gasteiger partial charge in [0.1, 0.15) is 11.5 Å². The molecular weight excluding hydrogens is 340 g/mol. The summed E-state index contributed by atoms with van der Waals surface area (Å²) >= 11 is 0. The summed E-state index contributed by atoms with van der Waals surface area (Å²) in [5.74, 6) is 2.78. The lowest BCUT2D eigenvalue weighted by atomic mass is 10.1. The summed E-state index contributed by atoms with van der Waals surface area (Å²) < 4.78 is 10.8. The Kier molecular flexibility index (Phi) is 7.07. The third-order valence-electron chi connectivity index (χ3n) is 5.71. The van der Waals surface area contributed by atoms with Gasteiger partial charge in [-0.25, -0.2) is 0 Å². The molecule has 0 bridgehead atoms. The highest BCUT2D eigenvalue weighted by Crippen LogP contribution is 2.31. The van der Waals surface area contributed by atoms with Crippen LogP contribution in [0.1, 0.15) is 44.9 Å². The van der Waals surface area contributed by atoms with Gasteiger partial charge in [-0.05, 0) is 25.2 Å². The maximum absolute atomic E-state index is 6.15. The Bertz CT molecular complexity index is 604. The lowest BCUT2D eigenvalue weighted by molar-refractivity contribution is 0.394. The number of nitrogens with zero attached hydrogens (tertiary/aromatic N) is 2. The van der Waals surface area contributed by atoms with Crippen molar-refractivity contribution in [1.82, 2.24) is 5.32 Å². The fourth-order valence-electron chi connectivity index (χ4n) is 4.10. The number of nitrogens with one attached hydrogen (secondary N) is 1. The molecule has 0 radical (unpaired) electrons. The molecule has 1 atom stereocenters. The number of nitrogens with two attached hydrogens (primary N) is 1. The molecule has 1 aromatic carbocycles. The summed E-state index contributed by atoms with van der Waals surface area (Å²) in [6.45, 7) is 2.78. The van der Waals surface area contributed by atoms with Gasteiger partial charge in [0.2, 0.25) is 0 Å². The van der Waals surface area contributed by atoms with Crippen molar-refractivity contribution in [3.63, 3.8) is 0 Å². The first kappa shape index (κ1) is 19.6. The molecule has 1 saturated heterocycles. The van der Waals surface area contributed by atoms with Gasteiger partial charge in [-0.1, -0.05) is 25.7 Å². The van der Waals surface area contributed by atoms with Crippen molar-refractivity contribution in [2.45, 2.75) is 51.0 Å². The fourth-order valence-corrected chi connectivity index (χ4v) is 4.10. The number of anilines is 1. The number of methoxy groups -OCH3 is 2. The van der Waals surface area contributed by atoms with Gasteiger partial charge in [0.25, 0.3) is 0 Å². The van der Waals surface area contributed by atoms with Crippen molar-refractivity contribution in [3.05, 3.63) is 18.2 Å². The van der Waals surface area contributed by atoms with Crippen LogP contribution in [0.3, 0.4) is 0 Å². The minimum Gasteiger partial charge on any atom is -0.497 e. The third-order valence-corrected chi connectivity index (χ3v) is 5.71. The van der Waals surface area contributed by atoms with E-state index in [1.165, 1.54) is 38.5 Å². The van der Waals surface area contributed by atoms with Gasteiger partial charge in [-0.3, -0.25) is 4.99 Å². The quantitative estimate of drug-likeness (QED) is 0.455. The van der Waals surface area contributed by atoms with Gasteiger partial charge < -0.3 is 25.4 Å². The molecule has 2 fully saturated rings. The van der Waals surface area contributed by atoms with Crippen LogP contribution in [0.4, 0.5) is 5.69 Å². The van der Waals surface area contributed by atoms with Gasteiger partial charge in [-0.15, -0.1) is 0 Å². The molecule has 1 unspecified atom stereocenters. The molecule has 3 N–H and O–H groups in total. The van der Waals surface area contributed by atoms with Crippen molar-refractivity contribution in [3.8, 4) is 11.5 Å². The number of guanidine groups is 1. The van der Waals surface area contributed by atoms with E-state index in [-0.39, 0.29) is 0 Å². The van der Waals surface area contributed by atoms with Gasteiger partial charge in [-0.2, -0.15) is 0 Å². The maximum atomic E-state index is 6.15. The highest BCUT2D eigenvalue weighted by Gasteiger charge is 2.23. The molecule has 0 amide bonds. The number of ether oxygens (including phenoxy) is 2. The normalized spacial score (nSPS) is 21.8. The Morgan fingerprint density at radius 1 is 1.07 bits per heavy atom. The predicted molar refractivity (Wildman–Crippen MR) is 111 cm³/mol. The Morgan fingerprint density at radius 3 is 2.37 bits per heavy atom. The van der Waals surface area contributed by atoms with Crippen LogP contribution in [0.5, 0.6) is 11.5 Å². The number of aliphatic imine (C=N–C) groups is 1. The number of rotatable bonds is 6. The van der Waals surface area contributed by atoms with E-state index in [9.17, 15) is 0 Å². The molecule has 6 heteroatoms. The second-order valence-corrected chi connectivity index (χ2v) is 7.73. The fraction of sp³-hybridized carbons (Fsp3) is 0.667. The summed E-state index contributed by atoms with van der Waals surface area (Å²) in [5, 5.41) is 3.44. The molecular formula is C21H34N4O2. The molecule has 1 aliphatic carbocycles. The predicted octanol–water partition coefficient (Wildman–Crippen LogP) is 3.16. The first-order valence-electron chi connectivity index (χ1n) is 10.2. The van der Waals surface area contributed by atoms with E-state index in [1.54, 1.807) is 14.2 Å². The van der Waals surface area contributed by atoms with E-state index >= 15 is 0 Å². The third kappa shape index (κ3) is 5.68. The molecule has 1 aromatic rings. The minimum absolute atomic E-state index is 0.501. The maximum Gasteiger partial charge on any atom is 0.188 e. The summed E-state index contributed by atoms with van der Waals surface area (Å²) in [5.41, 5.74) is 7.29. The van der Waals surface area contributed by atoms with Crippen LogP contribution in [0.2, 0.25) is 0 Å².